The van der Waals surface area contributed by atoms with Gasteiger partial charge in [0, 0.05) is 30.3 Å². The Morgan fingerprint density at radius 1 is 1.09 bits per heavy atom. The molecule has 3 heteroatoms. The molecule has 1 aliphatic rings. The highest BCUT2D eigenvalue weighted by Crippen LogP contribution is 2.37. The first-order valence-corrected chi connectivity index (χ1v) is 8.18. The molecule has 0 fully saturated rings. The first-order valence-electron chi connectivity index (χ1n) is 8.18. The summed E-state index contributed by atoms with van der Waals surface area (Å²) in [5, 5.41) is 0. The van der Waals surface area contributed by atoms with E-state index in [2.05, 4.69) is 55.1 Å². The largest absolute Gasteiger partial charge is 0.497 e. The predicted octanol–water partition coefficient (Wildman–Crippen LogP) is 4.21. The molecule has 23 heavy (non-hydrogen) atoms. The van der Waals surface area contributed by atoms with Crippen molar-refractivity contribution in [2.75, 3.05) is 14.2 Å². The zero-order valence-electron chi connectivity index (χ0n) is 14.4. The van der Waals surface area contributed by atoms with Crippen molar-refractivity contribution in [3.63, 3.8) is 0 Å². The van der Waals surface area contributed by atoms with Crippen LogP contribution in [-0.2, 0) is 13.0 Å². The van der Waals surface area contributed by atoms with Gasteiger partial charge in [-0.2, -0.15) is 0 Å². The fourth-order valence-electron chi connectivity index (χ4n) is 3.55. The second-order valence-corrected chi connectivity index (χ2v) is 6.28. The van der Waals surface area contributed by atoms with Crippen LogP contribution in [0.4, 0.5) is 0 Å². The van der Waals surface area contributed by atoms with Gasteiger partial charge in [-0.15, -0.1) is 0 Å². The Bertz CT molecular complexity index is 669. The van der Waals surface area contributed by atoms with Crippen molar-refractivity contribution < 1.29 is 9.47 Å². The average Bonchev–Trinajstić information content (AvgIpc) is 2.60. The molecular formula is C20H25NO2. The highest BCUT2D eigenvalue weighted by molar-refractivity contribution is 5.48. The monoisotopic (exact) mass is 311 g/mol. The van der Waals surface area contributed by atoms with Gasteiger partial charge >= 0.3 is 0 Å². The Kier molecular flexibility index (Phi) is 4.58. The maximum atomic E-state index is 5.62. The molecule has 122 valence electrons. The molecule has 0 aliphatic carbocycles. The van der Waals surface area contributed by atoms with E-state index in [0.717, 1.165) is 24.5 Å². The topological polar surface area (TPSA) is 21.7 Å². The van der Waals surface area contributed by atoms with Crippen LogP contribution in [-0.4, -0.2) is 25.2 Å². The van der Waals surface area contributed by atoms with Gasteiger partial charge in [-0.25, -0.2) is 0 Å². The quantitative estimate of drug-likeness (QED) is 0.844. The van der Waals surface area contributed by atoms with E-state index in [1.807, 2.05) is 6.07 Å². The minimum atomic E-state index is 0.381. The van der Waals surface area contributed by atoms with Gasteiger partial charge in [-0.1, -0.05) is 30.3 Å². The number of methoxy groups -OCH3 is 2. The lowest BCUT2D eigenvalue weighted by atomic mass is 9.91. The Morgan fingerprint density at radius 2 is 1.83 bits per heavy atom. The zero-order valence-corrected chi connectivity index (χ0v) is 14.4. The van der Waals surface area contributed by atoms with Gasteiger partial charge in [0.15, 0.2) is 0 Å². The van der Waals surface area contributed by atoms with E-state index < -0.39 is 0 Å². The van der Waals surface area contributed by atoms with Gasteiger partial charge in [0.1, 0.15) is 11.5 Å². The molecule has 0 bridgehead atoms. The lowest BCUT2D eigenvalue weighted by Crippen LogP contribution is -2.40. The van der Waals surface area contributed by atoms with E-state index in [9.17, 15) is 0 Å². The van der Waals surface area contributed by atoms with Crippen molar-refractivity contribution in [2.45, 2.75) is 38.9 Å². The second-order valence-electron chi connectivity index (χ2n) is 6.28. The highest BCUT2D eigenvalue weighted by atomic mass is 16.5. The van der Waals surface area contributed by atoms with Crippen molar-refractivity contribution >= 4 is 0 Å². The maximum Gasteiger partial charge on any atom is 0.127 e. The third kappa shape index (κ3) is 3.06. The number of ether oxygens (including phenoxy) is 2. The van der Waals surface area contributed by atoms with Crippen LogP contribution in [0, 0.1) is 0 Å². The maximum absolute atomic E-state index is 5.62. The van der Waals surface area contributed by atoms with Crippen LogP contribution >= 0.6 is 0 Å². The van der Waals surface area contributed by atoms with Gasteiger partial charge in [0.05, 0.1) is 14.2 Å². The molecule has 0 N–H and O–H groups in total. The smallest absolute Gasteiger partial charge is 0.127 e. The Labute approximate surface area is 138 Å². The van der Waals surface area contributed by atoms with E-state index >= 15 is 0 Å². The standard InChI is InChI=1S/C20H25NO2/c1-14-10-17-11-18(22-3)12-20(23-4)19(17)13-21(14)15(2)16-8-6-5-7-9-16/h5-9,11-12,14-15H,10,13H2,1-4H3/t14-,15+/m1/s1. The fraction of sp³-hybridized carbons (Fsp3) is 0.400. The van der Waals surface area contributed by atoms with Crippen LogP contribution in [0.5, 0.6) is 11.5 Å². The van der Waals surface area contributed by atoms with Gasteiger partial charge in [-0.05, 0) is 37.5 Å². The first kappa shape index (κ1) is 15.9. The SMILES string of the molecule is COc1cc2c(c(OC)c1)CN([C@@H](C)c1ccccc1)[C@H](C)C2. The molecule has 1 heterocycles. The molecule has 0 saturated heterocycles. The third-order valence-electron chi connectivity index (χ3n) is 4.93. The van der Waals surface area contributed by atoms with E-state index in [1.165, 1.54) is 16.7 Å². The lowest BCUT2D eigenvalue weighted by Gasteiger charge is -2.40. The molecule has 0 radical (unpaired) electrons. The molecule has 2 aromatic carbocycles. The third-order valence-corrected chi connectivity index (χ3v) is 4.93. The normalized spacial score (nSPS) is 19.0. The minimum absolute atomic E-state index is 0.381. The van der Waals surface area contributed by atoms with Crippen molar-refractivity contribution in [2.24, 2.45) is 0 Å². The van der Waals surface area contributed by atoms with Crippen LogP contribution in [0.15, 0.2) is 42.5 Å². The fourth-order valence-corrected chi connectivity index (χ4v) is 3.55. The molecule has 3 rings (SSSR count). The number of benzene rings is 2. The molecule has 0 aromatic heterocycles. The lowest BCUT2D eigenvalue weighted by molar-refractivity contribution is 0.129. The zero-order chi connectivity index (χ0) is 16.4. The van der Waals surface area contributed by atoms with E-state index in [-0.39, 0.29) is 0 Å². The summed E-state index contributed by atoms with van der Waals surface area (Å²) in [5.41, 5.74) is 3.98. The first-order chi connectivity index (χ1) is 11.1. The van der Waals surface area contributed by atoms with E-state index in [1.54, 1.807) is 14.2 Å². The van der Waals surface area contributed by atoms with Crippen LogP contribution in [0.1, 0.15) is 36.6 Å². The predicted molar refractivity (Wildman–Crippen MR) is 93.1 cm³/mol. The molecule has 0 amide bonds. The van der Waals surface area contributed by atoms with Crippen molar-refractivity contribution in [3.05, 3.63) is 59.2 Å². The average molecular weight is 311 g/mol. The molecule has 3 nitrogen and oxygen atoms in total. The van der Waals surface area contributed by atoms with Gasteiger partial charge in [0.25, 0.3) is 0 Å². The van der Waals surface area contributed by atoms with Crippen LogP contribution in [0.3, 0.4) is 0 Å². The van der Waals surface area contributed by atoms with Crippen LogP contribution < -0.4 is 9.47 Å². The summed E-state index contributed by atoms with van der Waals surface area (Å²) < 4.78 is 11.0. The Hall–Kier alpha value is -2.00. The highest BCUT2D eigenvalue weighted by Gasteiger charge is 2.29. The molecule has 1 aliphatic heterocycles. The minimum Gasteiger partial charge on any atom is -0.497 e. The van der Waals surface area contributed by atoms with Crippen LogP contribution in [0.2, 0.25) is 0 Å². The van der Waals surface area contributed by atoms with Crippen molar-refractivity contribution in [1.82, 2.24) is 4.90 Å². The Morgan fingerprint density at radius 3 is 2.48 bits per heavy atom. The number of fused-ring (bicyclic) bond motifs is 1. The van der Waals surface area contributed by atoms with Gasteiger partial charge in [0.2, 0.25) is 0 Å². The molecule has 0 unspecified atom stereocenters. The van der Waals surface area contributed by atoms with Gasteiger partial charge in [-0.3, -0.25) is 4.90 Å². The number of nitrogens with zero attached hydrogens (tertiary/aromatic N) is 1. The summed E-state index contributed by atoms with van der Waals surface area (Å²) in [6.07, 6.45) is 1.01. The van der Waals surface area contributed by atoms with E-state index in [0.29, 0.717) is 12.1 Å². The number of hydrogen-bond acceptors (Lipinski definition) is 3. The molecular weight excluding hydrogens is 286 g/mol. The van der Waals surface area contributed by atoms with E-state index in [4.69, 9.17) is 9.47 Å². The van der Waals surface area contributed by atoms with Crippen molar-refractivity contribution in [3.8, 4) is 11.5 Å². The Balaban J connectivity index is 1.93. The van der Waals surface area contributed by atoms with Crippen LogP contribution in [0.25, 0.3) is 0 Å². The second kappa shape index (κ2) is 6.63. The van der Waals surface area contributed by atoms with Gasteiger partial charge < -0.3 is 9.47 Å². The summed E-state index contributed by atoms with van der Waals surface area (Å²) in [6, 6.07) is 15.7. The summed E-state index contributed by atoms with van der Waals surface area (Å²) >= 11 is 0. The summed E-state index contributed by atoms with van der Waals surface area (Å²) in [5.74, 6) is 1.80. The summed E-state index contributed by atoms with van der Waals surface area (Å²) in [6.45, 7) is 5.49. The summed E-state index contributed by atoms with van der Waals surface area (Å²) in [7, 11) is 3.44. The molecule has 0 saturated carbocycles. The molecule has 2 atom stereocenters. The number of rotatable bonds is 4. The molecule has 2 aromatic rings. The molecule has 0 spiro atoms. The number of hydrogen-bond donors (Lipinski definition) is 0. The summed E-state index contributed by atoms with van der Waals surface area (Å²) in [4.78, 5) is 2.55. The van der Waals surface area contributed by atoms with Crippen molar-refractivity contribution in [1.29, 1.82) is 0 Å².